The Bertz CT molecular complexity index is 1830. The lowest BCUT2D eigenvalue weighted by Crippen LogP contribution is -2.61. The predicted molar refractivity (Wildman–Crippen MR) is 158 cm³/mol. The first-order valence-corrected chi connectivity index (χ1v) is 13.7. The van der Waals surface area contributed by atoms with Crippen molar-refractivity contribution in [2.45, 2.75) is 37.6 Å². The van der Waals surface area contributed by atoms with Crippen molar-refractivity contribution in [3.63, 3.8) is 0 Å². The van der Waals surface area contributed by atoms with Gasteiger partial charge in [0.1, 0.15) is 58.9 Å². The zero-order chi connectivity index (χ0) is 33.1. The Balaban J connectivity index is 1.47. The Kier molecular flexibility index (Phi) is 9.13. The minimum atomic E-state index is -1.85. The fraction of sp³-hybridized carbons (Fsp3) is 0.219. The molecule has 0 aliphatic carbocycles. The lowest BCUT2D eigenvalue weighted by Gasteiger charge is -2.41. The molecule has 0 spiro atoms. The molecule has 1 saturated heterocycles. The number of hydrogen-bond acceptors (Lipinski definition) is 14. The van der Waals surface area contributed by atoms with Gasteiger partial charge in [0, 0.05) is 30.7 Å². The second-order valence-electron chi connectivity index (χ2n) is 10.2. The van der Waals surface area contributed by atoms with Crippen molar-refractivity contribution >= 4 is 29.0 Å². The summed E-state index contributed by atoms with van der Waals surface area (Å²) in [7, 11) is 0. The van der Waals surface area contributed by atoms with Gasteiger partial charge in [-0.2, -0.15) is 0 Å². The van der Waals surface area contributed by atoms with Crippen molar-refractivity contribution in [3.05, 3.63) is 82.5 Å². The molecule has 0 radical (unpaired) electrons. The number of aliphatic hydroxyl groups is 2. The van der Waals surface area contributed by atoms with Gasteiger partial charge in [0.15, 0.2) is 11.9 Å². The highest BCUT2D eigenvalue weighted by Crippen LogP contribution is 2.37. The average molecular weight is 637 g/mol. The molecule has 0 amide bonds. The van der Waals surface area contributed by atoms with Crippen LogP contribution in [0.15, 0.2) is 76.0 Å². The molecule has 5 atom stereocenters. The number of aliphatic hydroxyl groups excluding tert-OH is 2. The van der Waals surface area contributed by atoms with Gasteiger partial charge in [-0.15, -0.1) is 0 Å². The summed E-state index contributed by atoms with van der Waals surface area (Å²) >= 11 is 0. The average Bonchev–Trinajstić information content (AvgIpc) is 3.00. The summed E-state index contributed by atoms with van der Waals surface area (Å²) in [5, 5.41) is 60.9. The number of phenols is 4. The highest BCUT2D eigenvalue weighted by molar-refractivity contribution is 5.88. The van der Waals surface area contributed by atoms with Crippen molar-refractivity contribution in [3.8, 4) is 40.1 Å². The Morgan fingerprint density at radius 1 is 0.891 bits per heavy atom. The molecule has 14 nitrogen and oxygen atoms in total. The van der Waals surface area contributed by atoms with E-state index in [2.05, 4.69) is 0 Å². The first kappa shape index (κ1) is 31.8. The lowest BCUT2D eigenvalue weighted by atomic mass is 9.99. The van der Waals surface area contributed by atoms with Crippen molar-refractivity contribution in [1.29, 1.82) is 0 Å². The van der Waals surface area contributed by atoms with Crippen LogP contribution in [0, 0.1) is 0 Å². The Hall–Kier alpha value is -5.57. The van der Waals surface area contributed by atoms with Gasteiger partial charge in [-0.05, 0) is 48.0 Å². The van der Waals surface area contributed by atoms with Gasteiger partial charge in [0.05, 0.1) is 0 Å². The summed E-state index contributed by atoms with van der Waals surface area (Å²) in [6.07, 6.45) is -6.06. The van der Waals surface area contributed by atoms with Crippen LogP contribution >= 0.6 is 0 Å². The summed E-state index contributed by atoms with van der Waals surface area (Å²) in [4.78, 5) is 38.0. The SMILES string of the molecule is CC(=O)O[C@H]1[C@H](Oc2c(-c3ccc(O)cc3)oc3cc(O)cc(O)c3c2=O)O[C@H](COC(=O)/C=C/c2ccc(O)cc2)[C@@H](O)[C@@H]1O. The monoisotopic (exact) mass is 636 g/mol. The smallest absolute Gasteiger partial charge is 0.330 e. The molecule has 0 saturated carbocycles. The molecule has 1 aliphatic heterocycles. The second-order valence-corrected chi connectivity index (χ2v) is 10.2. The van der Waals surface area contributed by atoms with Gasteiger partial charge < -0.3 is 54.0 Å². The maximum atomic E-state index is 13.7. The number of carbonyl (C=O) groups is 2. The Labute approximate surface area is 259 Å². The lowest BCUT2D eigenvalue weighted by molar-refractivity contribution is -0.282. The standard InChI is InChI=1S/C32H28O14/c1-15(33)43-31-28(41)26(39)23(14-42-24(38)11-4-16-2-7-18(34)8-3-16)45-32(31)46-30-27(40)25-21(37)12-20(36)13-22(25)44-29(30)17-5-9-19(35)10-6-17/h2-13,23,26,28,31-32,34-37,39,41H,14H2,1H3/b11-4+/t23-,26-,28+,31-,32+/m1/s1. The van der Waals surface area contributed by atoms with E-state index in [-0.39, 0.29) is 33.8 Å². The van der Waals surface area contributed by atoms with E-state index in [1.165, 1.54) is 42.5 Å². The van der Waals surface area contributed by atoms with Crippen LogP contribution in [0.3, 0.4) is 0 Å². The van der Waals surface area contributed by atoms with Gasteiger partial charge in [-0.1, -0.05) is 12.1 Å². The van der Waals surface area contributed by atoms with Crippen LogP contribution in [0.4, 0.5) is 0 Å². The number of carbonyl (C=O) groups excluding carboxylic acids is 2. The quantitative estimate of drug-likeness (QED) is 0.121. The van der Waals surface area contributed by atoms with Crippen LogP contribution < -0.4 is 10.2 Å². The predicted octanol–water partition coefficient (Wildman–Crippen LogP) is 2.30. The van der Waals surface area contributed by atoms with Gasteiger partial charge in [-0.3, -0.25) is 9.59 Å². The molecular formula is C32H28O14. The van der Waals surface area contributed by atoms with E-state index >= 15 is 0 Å². The fourth-order valence-electron chi connectivity index (χ4n) is 4.71. The molecule has 1 fully saturated rings. The van der Waals surface area contributed by atoms with Crippen LogP contribution in [-0.4, -0.2) is 79.9 Å². The van der Waals surface area contributed by atoms with E-state index in [1.807, 2.05) is 0 Å². The molecule has 3 aromatic carbocycles. The number of ether oxygens (including phenoxy) is 4. The largest absolute Gasteiger partial charge is 0.508 e. The van der Waals surface area contributed by atoms with E-state index in [0.717, 1.165) is 25.1 Å². The third-order valence-corrected chi connectivity index (χ3v) is 6.92. The number of fused-ring (bicyclic) bond motifs is 1. The van der Waals surface area contributed by atoms with Gasteiger partial charge >= 0.3 is 11.9 Å². The van der Waals surface area contributed by atoms with Crippen LogP contribution in [-0.2, 0) is 23.8 Å². The van der Waals surface area contributed by atoms with E-state index in [0.29, 0.717) is 5.56 Å². The first-order chi connectivity index (χ1) is 21.9. The third kappa shape index (κ3) is 6.89. The molecule has 0 bridgehead atoms. The number of rotatable bonds is 8. The topological polar surface area (TPSA) is 223 Å². The van der Waals surface area contributed by atoms with Crippen molar-refractivity contribution in [1.82, 2.24) is 0 Å². The molecule has 1 aromatic heterocycles. The number of hydrogen-bond donors (Lipinski definition) is 6. The molecule has 0 unspecified atom stereocenters. The van der Waals surface area contributed by atoms with E-state index in [4.69, 9.17) is 23.4 Å². The second kappa shape index (κ2) is 13.2. The van der Waals surface area contributed by atoms with Crippen molar-refractivity contribution in [2.24, 2.45) is 0 Å². The van der Waals surface area contributed by atoms with Gasteiger partial charge in [-0.25, -0.2) is 4.79 Å². The molecular weight excluding hydrogens is 608 g/mol. The molecule has 6 N–H and O–H groups in total. The number of esters is 2. The fourth-order valence-corrected chi connectivity index (χ4v) is 4.71. The van der Waals surface area contributed by atoms with Crippen LogP contribution in [0.5, 0.6) is 28.7 Å². The molecule has 5 rings (SSSR count). The van der Waals surface area contributed by atoms with Crippen LogP contribution in [0.1, 0.15) is 12.5 Å². The summed E-state index contributed by atoms with van der Waals surface area (Å²) in [6.45, 7) is 0.419. The number of aromatic hydroxyl groups is 4. The molecule has 14 heteroatoms. The molecule has 1 aliphatic rings. The summed E-state index contributed by atoms with van der Waals surface area (Å²) in [5.74, 6) is -3.70. The maximum Gasteiger partial charge on any atom is 0.330 e. The summed E-state index contributed by atoms with van der Waals surface area (Å²) in [6, 6.07) is 13.3. The summed E-state index contributed by atoms with van der Waals surface area (Å²) < 4.78 is 27.9. The molecule has 240 valence electrons. The molecule has 46 heavy (non-hydrogen) atoms. The van der Waals surface area contributed by atoms with Crippen molar-refractivity contribution < 1.29 is 63.6 Å². The third-order valence-electron chi connectivity index (χ3n) is 6.92. The van der Waals surface area contributed by atoms with E-state index < -0.39 is 71.9 Å². The normalized spacial score (nSPS) is 21.2. The van der Waals surface area contributed by atoms with E-state index in [1.54, 1.807) is 12.1 Å². The Morgan fingerprint density at radius 3 is 2.20 bits per heavy atom. The van der Waals surface area contributed by atoms with Gasteiger partial charge in [0.25, 0.3) is 0 Å². The highest BCUT2D eigenvalue weighted by atomic mass is 16.7. The molecule has 4 aromatic rings. The van der Waals surface area contributed by atoms with Gasteiger partial charge in [0.2, 0.25) is 17.5 Å². The van der Waals surface area contributed by atoms with E-state index in [9.17, 15) is 45.0 Å². The first-order valence-electron chi connectivity index (χ1n) is 13.7. The zero-order valence-corrected chi connectivity index (χ0v) is 24.0. The number of phenolic OH excluding ortho intramolecular Hbond substituents is 4. The van der Waals surface area contributed by atoms with Crippen LogP contribution in [0.2, 0.25) is 0 Å². The molecule has 2 heterocycles. The minimum absolute atomic E-state index is 0.0401. The number of benzene rings is 3. The minimum Gasteiger partial charge on any atom is -0.508 e. The maximum absolute atomic E-state index is 13.7. The summed E-state index contributed by atoms with van der Waals surface area (Å²) in [5.41, 5.74) is -0.396. The Morgan fingerprint density at radius 2 is 1.54 bits per heavy atom. The highest BCUT2D eigenvalue weighted by Gasteiger charge is 2.49. The van der Waals surface area contributed by atoms with Crippen molar-refractivity contribution in [2.75, 3.05) is 6.61 Å². The zero-order valence-electron chi connectivity index (χ0n) is 24.0. The van der Waals surface area contributed by atoms with Crippen LogP contribution in [0.25, 0.3) is 28.4 Å².